The number of ketones is 1. The zero-order chi connectivity index (χ0) is 24.5. The zero-order valence-electron chi connectivity index (χ0n) is 19.3. The van der Waals surface area contributed by atoms with Crippen LogP contribution in [-0.2, 0) is 10.0 Å². The van der Waals surface area contributed by atoms with Crippen molar-refractivity contribution in [2.45, 2.75) is 32.1 Å². The molecule has 178 valence electrons. The van der Waals surface area contributed by atoms with E-state index in [-0.39, 0.29) is 10.7 Å². The molecule has 9 heteroatoms. The highest BCUT2D eigenvalue weighted by Crippen LogP contribution is 2.32. The molecule has 1 N–H and O–H groups in total. The van der Waals surface area contributed by atoms with Gasteiger partial charge in [-0.05, 0) is 42.5 Å². The highest BCUT2D eigenvalue weighted by molar-refractivity contribution is 7.89. The Kier molecular flexibility index (Phi) is 6.97. The van der Waals surface area contributed by atoms with Crippen LogP contribution in [0.2, 0.25) is 0 Å². The minimum Gasteiger partial charge on any atom is -0.298 e. The van der Waals surface area contributed by atoms with Gasteiger partial charge in [-0.3, -0.25) is 14.9 Å². The fourth-order valence-electron chi connectivity index (χ4n) is 4.30. The van der Waals surface area contributed by atoms with Crippen LogP contribution in [0, 0.1) is 11.8 Å². The molecule has 0 bridgehead atoms. The molecule has 1 aliphatic heterocycles. The predicted molar refractivity (Wildman–Crippen MR) is 134 cm³/mol. The lowest BCUT2D eigenvalue weighted by molar-refractivity contribution is 0.101. The molecule has 0 spiro atoms. The molecule has 2 unspecified atom stereocenters. The van der Waals surface area contributed by atoms with Crippen molar-refractivity contribution in [2.24, 2.45) is 11.8 Å². The van der Waals surface area contributed by atoms with Gasteiger partial charge in [-0.25, -0.2) is 13.4 Å². The normalized spacial score (nSPS) is 19.0. The van der Waals surface area contributed by atoms with Crippen molar-refractivity contribution in [1.29, 1.82) is 0 Å². The molecule has 7 nitrogen and oxygen atoms in total. The molecular weight excluding hydrogens is 470 g/mol. The first kappa shape index (κ1) is 24.3. The average Bonchev–Trinajstić information content (AvgIpc) is 3.23. The number of thiazole rings is 1. The number of hydrogen-bond donors (Lipinski definition) is 1. The van der Waals surface area contributed by atoms with E-state index >= 15 is 0 Å². The molecule has 0 saturated carbocycles. The van der Waals surface area contributed by atoms with Crippen molar-refractivity contribution >= 4 is 38.2 Å². The zero-order valence-corrected chi connectivity index (χ0v) is 20.9. The van der Waals surface area contributed by atoms with Gasteiger partial charge in [0.1, 0.15) is 0 Å². The van der Waals surface area contributed by atoms with Crippen molar-refractivity contribution < 1.29 is 18.0 Å². The summed E-state index contributed by atoms with van der Waals surface area (Å²) in [5.41, 5.74) is 1.63. The van der Waals surface area contributed by atoms with Crippen LogP contribution in [0.25, 0.3) is 11.3 Å². The summed E-state index contributed by atoms with van der Waals surface area (Å²) in [4.78, 5) is 30.0. The van der Waals surface area contributed by atoms with Crippen molar-refractivity contribution in [2.75, 3.05) is 18.4 Å². The lowest BCUT2D eigenvalue weighted by Crippen LogP contribution is -2.42. The Hall–Kier alpha value is -2.88. The van der Waals surface area contributed by atoms with E-state index in [2.05, 4.69) is 24.1 Å². The predicted octanol–water partition coefficient (Wildman–Crippen LogP) is 4.93. The number of rotatable bonds is 6. The number of carbonyl (C=O) groups is 2. The lowest BCUT2D eigenvalue weighted by atomic mass is 9.94. The van der Waals surface area contributed by atoms with E-state index in [1.54, 1.807) is 0 Å². The number of piperidine rings is 1. The monoisotopic (exact) mass is 497 g/mol. The number of benzene rings is 2. The average molecular weight is 498 g/mol. The summed E-state index contributed by atoms with van der Waals surface area (Å²) in [5.74, 6) is 0.0606. The van der Waals surface area contributed by atoms with Gasteiger partial charge >= 0.3 is 0 Å². The molecule has 0 aliphatic carbocycles. The molecule has 1 fully saturated rings. The summed E-state index contributed by atoms with van der Waals surface area (Å²) >= 11 is 1.12. The Morgan fingerprint density at radius 1 is 1.00 bits per heavy atom. The maximum Gasteiger partial charge on any atom is 0.257 e. The van der Waals surface area contributed by atoms with Gasteiger partial charge in [0.2, 0.25) is 10.0 Å². The fraction of sp³-hybridized carbons (Fsp3) is 0.320. The first-order valence-corrected chi connectivity index (χ1v) is 13.4. The summed E-state index contributed by atoms with van der Waals surface area (Å²) in [5, 5.41) is 3.04. The van der Waals surface area contributed by atoms with Gasteiger partial charge in [0, 0.05) is 31.1 Å². The molecule has 2 aromatic carbocycles. The van der Waals surface area contributed by atoms with Gasteiger partial charge < -0.3 is 0 Å². The quantitative estimate of drug-likeness (QED) is 0.487. The fourth-order valence-corrected chi connectivity index (χ4v) is 6.86. The molecule has 2 heterocycles. The first-order chi connectivity index (χ1) is 16.1. The van der Waals surface area contributed by atoms with Crippen LogP contribution in [0.3, 0.4) is 0 Å². The standard InChI is InChI=1S/C25H27N3O4S2/c1-16-13-17(2)15-28(14-16)34(31,32)21-11-9-20(10-12-21)24(30)27-25-26-22(23(33-25)18(3)29)19-7-5-4-6-8-19/h4-12,16-17H,13-15H2,1-3H3,(H,26,27,30). The molecule has 1 aliphatic rings. The number of aromatic nitrogens is 1. The lowest BCUT2D eigenvalue weighted by Gasteiger charge is -2.34. The van der Waals surface area contributed by atoms with Crippen LogP contribution in [0.1, 0.15) is 47.2 Å². The number of hydrogen-bond acceptors (Lipinski definition) is 6. The Balaban J connectivity index is 1.52. The van der Waals surface area contributed by atoms with Crippen LogP contribution in [0.5, 0.6) is 0 Å². The number of nitrogens with zero attached hydrogens (tertiary/aromatic N) is 2. The third-order valence-corrected chi connectivity index (χ3v) is 8.72. The summed E-state index contributed by atoms with van der Waals surface area (Å²) < 4.78 is 27.7. The number of amides is 1. The van der Waals surface area contributed by atoms with Crippen LogP contribution >= 0.6 is 11.3 Å². The molecule has 2 atom stereocenters. The third kappa shape index (κ3) is 5.11. The van der Waals surface area contributed by atoms with Crippen molar-refractivity contribution in [3.05, 3.63) is 65.0 Å². The molecule has 1 aromatic heterocycles. The molecule has 0 radical (unpaired) electrons. The highest BCUT2D eigenvalue weighted by atomic mass is 32.2. The first-order valence-electron chi connectivity index (χ1n) is 11.1. The minimum absolute atomic E-state index is 0.132. The molecular formula is C25H27N3O4S2. The molecule has 3 aromatic rings. The van der Waals surface area contributed by atoms with Gasteiger partial charge in [-0.2, -0.15) is 4.31 Å². The van der Waals surface area contributed by atoms with E-state index in [1.165, 1.54) is 35.5 Å². The second kappa shape index (κ2) is 9.77. The summed E-state index contributed by atoms with van der Waals surface area (Å²) in [6.07, 6.45) is 1.01. The number of Topliss-reactive ketones (excluding diaryl/α,β-unsaturated/α-hetero) is 1. The summed E-state index contributed by atoms with van der Waals surface area (Å²) in [7, 11) is -3.62. The van der Waals surface area contributed by atoms with Crippen LogP contribution in [-0.4, -0.2) is 42.5 Å². The van der Waals surface area contributed by atoms with E-state index in [0.717, 1.165) is 23.3 Å². The van der Waals surface area contributed by atoms with E-state index < -0.39 is 15.9 Å². The van der Waals surface area contributed by atoms with Crippen molar-refractivity contribution in [1.82, 2.24) is 9.29 Å². The van der Waals surface area contributed by atoms with Crippen molar-refractivity contribution in [3.63, 3.8) is 0 Å². The molecule has 1 amide bonds. The smallest absolute Gasteiger partial charge is 0.257 e. The Morgan fingerprint density at radius 3 is 2.21 bits per heavy atom. The summed E-state index contributed by atoms with van der Waals surface area (Å²) in [6, 6.07) is 15.2. The Morgan fingerprint density at radius 2 is 1.62 bits per heavy atom. The molecule has 34 heavy (non-hydrogen) atoms. The van der Waals surface area contributed by atoms with Crippen LogP contribution < -0.4 is 5.32 Å². The number of nitrogens with one attached hydrogen (secondary N) is 1. The van der Waals surface area contributed by atoms with E-state index in [0.29, 0.717) is 46.2 Å². The second-order valence-corrected chi connectivity index (χ2v) is 11.8. The van der Waals surface area contributed by atoms with Gasteiger partial charge in [0.15, 0.2) is 10.9 Å². The Labute approximate surface area is 203 Å². The van der Waals surface area contributed by atoms with Crippen LogP contribution in [0.15, 0.2) is 59.5 Å². The van der Waals surface area contributed by atoms with Gasteiger partial charge in [-0.15, -0.1) is 0 Å². The SMILES string of the molecule is CC(=O)c1sc(NC(=O)c2ccc(S(=O)(=O)N3CC(C)CC(C)C3)cc2)nc1-c1ccccc1. The largest absolute Gasteiger partial charge is 0.298 e. The maximum atomic E-state index is 13.1. The van der Waals surface area contributed by atoms with Gasteiger partial charge in [0.25, 0.3) is 5.91 Å². The number of sulfonamides is 1. The van der Waals surface area contributed by atoms with Crippen LogP contribution in [0.4, 0.5) is 5.13 Å². The highest BCUT2D eigenvalue weighted by Gasteiger charge is 2.31. The Bertz CT molecular complexity index is 1290. The summed E-state index contributed by atoms with van der Waals surface area (Å²) in [6.45, 7) is 6.59. The topological polar surface area (TPSA) is 96.4 Å². The molecule has 4 rings (SSSR count). The number of anilines is 1. The third-order valence-electron chi connectivity index (χ3n) is 5.80. The minimum atomic E-state index is -3.62. The van der Waals surface area contributed by atoms with Crippen molar-refractivity contribution in [3.8, 4) is 11.3 Å². The van der Waals surface area contributed by atoms with Gasteiger partial charge in [-0.1, -0.05) is 55.5 Å². The number of carbonyl (C=O) groups excluding carboxylic acids is 2. The van der Waals surface area contributed by atoms with Gasteiger partial charge in [0.05, 0.1) is 15.5 Å². The molecule has 1 saturated heterocycles. The van der Waals surface area contributed by atoms with E-state index in [4.69, 9.17) is 0 Å². The maximum absolute atomic E-state index is 13.1. The second-order valence-electron chi connectivity index (χ2n) is 8.87. The van der Waals surface area contributed by atoms with E-state index in [9.17, 15) is 18.0 Å². The van der Waals surface area contributed by atoms with E-state index in [1.807, 2.05) is 30.3 Å².